The Bertz CT molecular complexity index is 294. The summed E-state index contributed by atoms with van der Waals surface area (Å²) >= 11 is 0. The third-order valence-corrected chi connectivity index (χ3v) is 3.89. The minimum atomic E-state index is -0.719. The van der Waals surface area contributed by atoms with Crippen molar-refractivity contribution in [2.45, 2.75) is 45.2 Å². The normalized spacial score (nSPS) is 24.3. The van der Waals surface area contributed by atoms with E-state index in [1.807, 2.05) is 11.8 Å². The maximum Gasteiger partial charge on any atom is 0.242 e. The highest BCUT2D eigenvalue weighted by Crippen LogP contribution is 2.17. The zero-order chi connectivity index (χ0) is 14.5. The van der Waals surface area contributed by atoms with Crippen molar-refractivity contribution in [3.05, 3.63) is 0 Å². The van der Waals surface area contributed by atoms with E-state index in [2.05, 4.69) is 18.7 Å². The van der Waals surface area contributed by atoms with E-state index in [9.17, 15) is 4.79 Å². The Balaban J connectivity index is 2.53. The van der Waals surface area contributed by atoms with Crippen LogP contribution < -0.4 is 5.73 Å². The SMILES string of the molecule is CCCC(C)(N)C(=O)N1CCN(CCOC)C(C)C1. The van der Waals surface area contributed by atoms with Crippen LogP contribution in [0.15, 0.2) is 0 Å². The van der Waals surface area contributed by atoms with Crippen LogP contribution in [-0.2, 0) is 9.53 Å². The van der Waals surface area contributed by atoms with E-state index >= 15 is 0 Å². The molecule has 1 aliphatic rings. The molecule has 0 bridgehead atoms. The van der Waals surface area contributed by atoms with Gasteiger partial charge in [0.1, 0.15) is 0 Å². The van der Waals surface area contributed by atoms with E-state index in [0.29, 0.717) is 6.04 Å². The van der Waals surface area contributed by atoms with E-state index in [0.717, 1.165) is 45.6 Å². The van der Waals surface area contributed by atoms with Gasteiger partial charge in [-0.3, -0.25) is 9.69 Å². The highest BCUT2D eigenvalue weighted by Gasteiger charge is 2.35. The van der Waals surface area contributed by atoms with Crippen molar-refractivity contribution < 1.29 is 9.53 Å². The Kier molecular flexibility index (Phi) is 6.23. The second kappa shape index (κ2) is 7.22. The monoisotopic (exact) mass is 271 g/mol. The molecule has 1 saturated heterocycles. The lowest BCUT2D eigenvalue weighted by Crippen LogP contribution is -2.60. The number of methoxy groups -OCH3 is 1. The zero-order valence-electron chi connectivity index (χ0n) is 12.8. The Hall–Kier alpha value is -0.650. The second-order valence-electron chi connectivity index (χ2n) is 5.80. The van der Waals surface area contributed by atoms with Crippen LogP contribution in [0.2, 0.25) is 0 Å². The van der Waals surface area contributed by atoms with E-state index in [1.165, 1.54) is 0 Å². The number of amides is 1. The van der Waals surface area contributed by atoms with E-state index in [4.69, 9.17) is 10.5 Å². The molecular formula is C14H29N3O2. The molecule has 2 N–H and O–H groups in total. The summed E-state index contributed by atoms with van der Waals surface area (Å²) in [5, 5.41) is 0. The fraction of sp³-hybridized carbons (Fsp3) is 0.929. The summed E-state index contributed by atoms with van der Waals surface area (Å²) in [6, 6.07) is 0.366. The lowest BCUT2D eigenvalue weighted by Gasteiger charge is -2.42. The molecule has 0 saturated carbocycles. The standard InChI is InChI=1S/C14H29N3O2/c1-5-6-14(3,15)13(18)17-8-7-16(9-10-19-4)12(2)11-17/h12H,5-11,15H2,1-4H3. The van der Waals surface area contributed by atoms with E-state index < -0.39 is 5.54 Å². The van der Waals surface area contributed by atoms with Crippen LogP contribution in [0.4, 0.5) is 0 Å². The first kappa shape index (κ1) is 16.4. The van der Waals surface area contributed by atoms with Gasteiger partial charge in [0.25, 0.3) is 0 Å². The topological polar surface area (TPSA) is 58.8 Å². The molecule has 5 nitrogen and oxygen atoms in total. The number of ether oxygens (including phenoxy) is 1. The molecule has 0 aromatic rings. The van der Waals surface area contributed by atoms with Crippen molar-refractivity contribution in [1.29, 1.82) is 0 Å². The van der Waals surface area contributed by atoms with Gasteiger partial charge in [0.15, 0.2) is 0 Å². The fourth-order valence-corrected chi connectivity index (χ4v) is 2.71. The first-order chi connectivity index (χ1) is 8.92. The quantitative estimate of drug-likeness (QED) is 0.772. The number of piperazine rings is 1. The Morgan fingerprint density at radius 2 is 2.16 bits per heavy atom. The summed E-state index contributed by atoms with van der Waals surface area (Å²) in [5.74, 6) is 0.0904. The first-order valence-electron chi connectivity index (χ1n) is 7.23. The Morgan fingerprint density at radius 3 is 2.68 bits per heavy atom. The molecule has 0 radical (unpaired) electrons. The van der Waals surface area contributed by atoms with Crippen LogP contribution in [0, 0.1) is 0 Å². The smallest absolute Gasteiger partial charge is 0.242 e. The maximum atomic E-state index is 12.4. The van der Waals surface area contributed by atoms with Gasteiger partial charge in [-0.1, -0.05) is 13.3 Å². The van der Waals surface area contributed by atoms with Gasteiger partial charge in [-0.25, -0.2) is 0 Å². The third kappa shape index (κ3) is 4.44. The van der Waals surface area contributed by atoms with Crippen LogP contribution in [0.1, 0.15) is 33.6 Å². The van der Waals surface area contributed by atoms with Gasteiger partial charge < -0.3 is 15.4 Å². The lowest BCUT2D eigenvalue weighted by molar-refractivity contribution is -0.139. The summed E-state index contributed by atoms with van der Waals surface area (Å²) in [4.78, 5) is 16.7. The average Bonchev–Trinajstić information content (AvgIpc) is 2.36. The average molecular weight is 271 g/mol. The molecule has 1 aliphatic heterocycles. The summed E-state index contributed by atoms with van der Waals surface area (Å²) in [7, 11) is 1.72. The van der Waals surface area contributed by atoms with Crippen molar-refractivity contribution in [2.75, 3.05) is 39.9 Å². The summed E-state index contributed by atoms with van der Waals surface area (Å²) in [6.07, 6.45) is 1.67. The van der Waals surface area contributed by atoms with E-state index in [-0.39, 0.29) is 5.91 Å². The van der Waals surface area contributed by atoms with Crippen LogP contribution in [0.5, 0.6) is 0 Å². The third-order valence-electron chi connectivity index (χ3n) is 3.89. The highest BCUT2D eigenvalue weighted by molar-refractivity contribution is 5.85. The number of nitrogens with zero attached hydrogens (tertiary/aromatic N) is 2. The van der Waals surface area contributed by atoms with Gasteiger partial charge in [-0.15, -0.1) is 0 Å². The van der Waals surface area contributed by atoms with Crippen LogP contribution in [0.25, 0.3) is 0 Å². The van der Waals surface area contributed by atoms with Crippen molar-refractivity contribution in [2.24, 2.45) is 5.73 Å². The largest absolute Gasteiger partial charge is 0.383 e. The number of carbonyl (C=O) groups is 1. The summed E-state index contributed by atoms with van der Waals surface area (Å²) in [5.41, 5.74) is 5.42. The molecule has 0 aliphatic carbocycles. The molecule has 5 heteroatoms. The maximum absolute atomic E-state index is 12.4. The van der Waals surface area contributed by atoms with Gasteiger partial charge in [0, 0.05) is 39.3 Å². The molecule has 0 aromatic carbocycles. The number of nitrogens with two attached hydrogens (primary N) is 1. The Labute approximate surface area is 117 Å². The summed E-state index contributed by atoms with van der Waals surface area (Å²) in [6.45, 7) is 10.2. The van der Waals surface area contributed by atoms with Gasteiger partial charge in [0.2, 0.25) is 5.91 Å². The highest BCUT2D eigenvalue weighted by atomic mass is 16.5. The van der Waals surface area contributed by atoms with Gasteiger partial charge in [0.05, 0.1) is 12.1 Å². The molecule has 1 amide bonds. The van der Waals surface area contributed by atoms with Gasteiger partial charge in [-0.2, -0.15) is 0 Å². The zero-order valence-corrected chi connectivity index (χ0v) is 12.8. The fourth-order valence-electron chi connectivity index (χ4n) is 2.71. The predicted octanol–water partition coefficient (Wildman–Crippen LogP) is 0.683. The molecule has 1 rings (SSSR count). The lowest BCUT2D eigenvalue weighted by atomic mass is 9.95. The molecule has 1 fully saturated rings. The second-order valence-corrected chi connectivity index (χ2v) is 5.80. The van der Waals surface area contributed by atoms with Crippen molar-refractivity contribution in [3.63, 3.8) is 0 Å². The molecule has 2 atom stereocenters. The van der Waals surface area contributed by atoms with E-state index in [1.54, 1.807) is 7.11 Å². The molecular weight excluding hydrogens is 242 g/mol. The van der Waals surface area contributed by atoms with Crippen molar-refractivity contribution in [1.82, 2.24) is 9.80 Å². The summed E-state index contributed by atoms with van der Waals surface area (Å²) < 4.78 is 5.11. The molecule has 112 valence electrons. The molecule has 1 heterocycles. The van der Waals surface area contributed by atoms with Crippen LogP contribution >= 0.6 is 0 Å². The number of carbonyl (C=O) groups excluding carboxylic acids is 1. The van der Waals surface area contributed by atoms with Crippen molar-refractivity contribution >= 4 is 5.91 Å². The molecule has 0 aromatic heterocycles. The minimum Gasteiger partial charge on any atom is -0.383 e. The number of hydrogen-bond donors (Lipinski definition) is 1. The van der Waals surface area contributed by atoms with Gasteiger partial charge in [-0.05, 0) is 20.3 Å². The predicted molar refractivity (Wildman–Crippen MR) is 77.0 cm³/mol. The molecule has 0 spiro atoms. The number of hydrogen-bond acceptors (Lipinski definition) is 4. The van der Waals surface area contributed by atoms with Crippen LogP contribution in [-0.4, -0.2) is 67.2 Å². The Morgan fingerprint density at radius 1 is 1.47 bits per heavy atom. The first-order valence-corrected chi connectivity index (χ1v) is 7.23. The minimum absolute atomic E-state index is 0.0904. The van der Waals surface area contributed by atoms with Crippen LogP contribution in [0.3, 0.4) is 0 Å². The number of rotatable bonds is 6. The molecule has 2 unspecified atom stereocenters. The van der Waals surface area contributed by atoms with Gasteiger partial charge >= 0.3 is 0 Å². The molecule has 19 heavy (non-hydrogen) atoms. The van der Waals surface area contributed by atoms with Crippen molar-refractivity contribution in [3.8, 4) is 0 Å².